The number of imidazole rings is 1. The highest BCUT2D eigenvalue weighted by molar-refractivity contribution is 6.33. The third-order valence-corrected chi connectivity index (χ3v) is 3.29. The fraction of sp³-hybridized carbons (Fsp3) is 0.267. The number of hydrogen-bond donors (Lipinski definition) is 1. The predicted octanol–water partition coefficient (Wildman–Crippen LogP) is 2.59. The van der Waals surface area contributed by atoms with E-state index in [1.807, 2.05) is 13.0 Å². The standard InChI is InChI=1S/C15H16ClN3O3/c1-3-22-15(21)13(19-7-6-17-9-19)14(20)18-12-8-10(2)4-5-11(12)16/h4-9,13H,3H2,1-2H3,(H,18,20). The molecule has 1 atom stereocenters. The van der Waals surface area contributed by atoms with E-state index in [4.69, 9.17) is 16.3 Å². The Balaban J connectivity index is 2.26. The van der Waals surface area contributed by atoms with Crippen molar-refractivity contribution < 1.29 is 14.3 Å². The third-order valence-electron chi connectivity index (χ3n) is 2.96. The van der Waals surface area contributed by atoms with Gasteiger partial charge in [-0.05, 0) is 31.5 Å². The Kier molecular flexibility index (Phi) is 5.16. The highest BCUT2D eigenvalue weighted by Gasteiger charge is 2.30. The van der Waals surface area contributed by atoms with Gasteiger partial charge in [0.05, 0.1) is 23.6 Å². The Bertz CT molecular complexity index is 671. The fourth-order valence-electron chi connectivity index (χ4n) is 1.94. The summed E-state index contributed by atoms with van der Waals surface area (Å²) in [4.78, 5) is 28.4. The number of carbonyl (C=O) groups is 2. The molecule has 1 aromatic heterocycles. The summed E-state index contributed by atoms with van der Waals surface area (Å²) in [6.45, 7) is 3.74. The maximum Gasteiger partial charge on any atom is 0.339 e. The largest absolute Gasteiger partial charge is 0.464 e. The van der Waals surface area contributed by atoms with Crippen molar-refractivity contribution in [1.82, 2.24) is 9.55 Å². The summed E-state index contributed by atoms with van der Waals surface area (Å²) in [6.07, 6.45) is 4.40. The number of amides is 1. The lowest BCUT2D eigenvalue weighted by Gasteiger charge is -2.17. The van der Waals surface area contributed by atoms with Crippen molar-refractivity contribution in [2.75, 3.05) is 11.9 Å². The quantitative estimate of drug-likeness (QED) is 0.678. The molecule has 0 aliphatic heterocycles. The van der Waals surface area contributed by atoms with Crippen molar-refractivity contribution >= 4 is 29.2 Å². The summed E-state index contributed by atoms with van der Waals surface area (Å²) >= 11 is 6.06. The van der Waals surface area contributed by atoms with Gasteiger partial charge in [-0.1, -0.05) is 17.7 Å². The Morgan fingerprint density at radius 2 is 2.23 bits per heavy atom. The second-order valence-corrected chi connectivity index (χ2v) is 5.04. The van der Waals surface area contributed by atoms with E-state index in [0.29, 0.717) is 10.7 Å². The molecule has 2 aromatic rings. The molecule has 1 aromatic carbocycles. The van der Waals surface area contributed by atoms with E-state index in [9.17, 15) is 9.59 Å². The second-order valence-electron chi connectivity index (χ2n) is 4.64. The number of halogens is 1. The minimum Gasteiger partial charge on any atom is -0.464 e. The first-order chi connectivity index (χ1) is 10.5. The number of anilines is 1. The van der Waals surface area contributed by atoms with Gasteiger partial charge in [0.15, 0.2) is 0 Å². The molecule has 0 aliphatic carbocycles. The number of nitrogens with zero attached hydrogens (tertiary/aromatic N) is 2. The summed E-state index contributed by atoms with van der Waals surface area (Å²) < 4.78 is 6.35. The predicted molar refractivity (Wildman–Crippen MR) is 82.7 cm³/mol. The Morgan fingerprint density at radius 3 is 2.86 bits per heavy atom. The lowest BCUT2D eigenvalue weighted by atomic mass is 10.2. The van der Waals surface area contributed by atoms with Gasteiger partial charge in [0.25, 0.3) is 5.91 Å². The lowest BCUT2D eigenvalue weighted by Crippen LogP contribution is -2.33. The number of rotatable bonds is 5. The lowest BCUT2D eigenvalue weighted by molar-refractivity contribution is -0.149. The number of ether oxygens (including phenoxy) is 1. The number of benzene rings is 1. The summed E-state index contributed by atoms with van der Waals surface area (Å²) in [5.41, 5.74) is 1.39. The summed E-state index contributed by atoms with van der Waals surface area (Å²) in [7, 11) is 0. The SMILES string of the molecule is CCOC(=O)C(C(=O)Nc1cc(C)ccc1Cl)n1ccnc1. The summed E-state index contributed by atoms with van der Waals surface area (Å²) in [5, 5.41) is 3.05. The van der Waals surface area contributed by atoms with Gasteiger partial charge < -0.3 is 14.6 Å². The Hall–Kier alpha value is -2.34. The van der Waals surface area contributed by atoms with E-state index in [-0.39, 0.29) is 6.61 Å². The molecule has 1 amide bonds. The molecule has 0 fully saturated rings. The number of hydrogen-bond acceptors (Lipinski definition) is 4. The van der Waals surface area contributed by atoms with Crippen molar-refractivity contribution in [2.45, 2.75) is 19.9 Å². The summed E-state index contributed by atoms with van der Waals surface area (Å²) in [5.74, 6) is -1.19. The van der Waals surface area contributed by atoms with Gasteiger partial charge in [0, 0.05) is 12.4 Å². The van der Waals surface area contributed by atoms with Crippen LogP contribution in [0.15, 0.2) is 36.9 Å². The van der Waals surface area contributed by atoms with E-state index in [2.05, 4.69) is 10.3 Å². The third kappa shape index (κ3) is 3.65. The number of nitrogens with one attached hydrogen (secondary N) is 1. The molecule has 0 saturated carbocycles. The molecule has 0 radical (unpaired) electrons. The van der Waals surface area contributed by atoms with Gasteiger partial charge in [-0.2, -0.15) is 0 Å². The molecule has 1 unspecified atom stereocenters. The number of aryl methyl sites for hydroxylation is 1. The average Bonchev–Trinajstić information content (AvgIpc) is 2.97. The zero-order chi connectivity index (χ0) is 16.1. The van der Waals surface area contributed by atoms with Crippen LogP contribution in [0, 0.1) is 6.92 Å². The van der Waals surface area contributed by atoms with E-state index < -0.39 is 17.9 Å². The molecule has 0 aliphatic rings. The minimum absolute atomic E-state index is 0.183. The second kappa shape index (κ2) is 7.09. The van der Waals surface area contributed by atoms with Gasteiger partial charge >= 0.3 is 5.97 Å². The van der Waals surface area contributed by atoms with Crippen LogP contribution in [0.2, 0.25) is 5.02 Å². The molecule has 2 rings (SSSR count). The van der Waals surface area contributed by atoms with Crippen molar-refractivity contribution in [3.05, 3.63) is 47.5 Å². The van der Waals surface area contributed by atoms with Crippen LogP contribution in [0.3, 0.4) is 0 Å². The monoisotopic (exact) mass is 321 g/mol. The maximum absolute atomic E-state index is 12.5. The van der Waals surface area contributed by atoms with Crippen molar-refractivity contribution in [1.29, 1.82) is 0 Å². The van der Waals surface area contributed by atoms with Crippen molar-refractivity contribution in [3.8, 4) is 0 Å². The normalized spacial score (nSPS) is 11.8. The molecule has 116 valence electrons. The highest BCUT2D eigenvalue weighted by Crippen LogP contribution is 2.24. The molecule has 7 heteroatoms. The zero-order valence-corrected chi connectivity index (χ0v) is 13.0. The van der Waals surface area contributed by atoms with E-state index in [1.54, 1.807) is 19.1 Å². The molecule has 1 heterocycles. The molecule has 22 heavy (non-hydrogen) atoms. The Labute approximate surface area is 133 Å². The number of carbonyl (C=O) groups excluding carboxylic acids is 2. The average molecular weight is 322 g/mol. The molecular formula is C15H16ClN3O3. The van der Waals surface area contributed by atoms with E-state index in [0.717, 1.165) is 5.56 Å². The van der Waals surface area contributed by atoms with Crippen LogP contribution in [0.5, 0.6) is 0 Å². The maximum atomic E-state index is 12.5. The van der Waals surface area contributed by atoms with Gasteiger partial charge in [0.2, 0.25) is 6.04 Å². The molecule has 0 saturated heterocycles. The van der Waals surface area contributed by atoms with Gasteiger partial charge in [0.1, 0.15) is 0 Å². The molecule has 1 N–H and O–H groups in total. The van der Waals surface area contributed by atoms with Crippen LogP contribution in [-0.2, 0) is 14.3 Å². The van der Waals surface area contributed by atoms with Crippen LogP contribution < -0.4 is 5.32 Å². The first-order valence-corrected chi connectivity index (χ1v) is 7.11. The smallest absolute Gasteiger partial charge is 0.339 e. The van der Waals surface area contributed by atoms with Gasteiger partial charge in [-0.25, -0.2) is 9.78 Å². The zero-order valence-electron chi connectivity index (χ0n) is 12.2. The van der Waals surface area contributed by atoms with Crippen LogP contribution >= 0.6 is 11.6 Å². The number of aromatic nitrogens is 2. The minimum atomic E-state index is -1.15. The van der Waals surface area contributed by atoms with E-state index in [1.165, 1.54) is 23.3 Å². The molecular weight excluding hydrogens is 306 g/mol. The topological polar surface area (TPSA) is 73.2 Å². The van der Waals surface area contributed by atoms with Crippen LogP contribution in [0.25, 0.3) is 0 Å². The van der Waals surface area contributed by atoms with Gasteiger partial charge in [-0.3, -0.25) is 4.79 Å². The Morgan fingerprint density at radius 1 is 1.45 bits per heavy atom. The van der Waals surface area contributed by atoms with E-state index >= 15 is 0 Å². The number of esters is 1. The first-order valence-electron chi connectivity index (χ1n) is 6.74. The van der Waals surface area contributed by atoms with Crippen LogP contribution in [0.1, 0.15) is 18.5 Å². The van der Waals surface area contributed by atoms with Crippen LogP contribution in [-0.4, -0.2) is 28.0 Å². The summed E-state index contributed by atoms with van der Waals surface area (Å²) in [6, 6.07) is 4.09. The van der Waals surface area contributed by atoms with Gasteiger partial charge in [-0.15, -0.1) is 0 Å². The van der Waals surface area contributed by atoms with Crippen molar-refractivity contribution in [2.24, 2.45) is 0 Å². The first kappa shape index (κ1) is 16.0. The van der Waals surface area contributed by atoms with Crippen LogP contribution in [0.4, 0.5) is 5.69 Å². The van der Waals surface area contributed by atoms with Crippen molar-refractivity contribution in [3.63, 3.8) is 0 Å². The molecule has 6 nitrogen and oxygen atoms in total. The fourth-order valence-corrected chi connectivity index (χ4v) is 2.11. The molecule has 0 bridgehead atoms. The molecule has 0 spiro atoms. The highest BCUT2D eigenvalue weighted by atomic mass is 35.5.